The number of aromatic nitrogens is 3. The smallest absolute Gasteiger partial charge is 0.342 e. The average molecular weight is 379 g/mol. The van der Waals surface area contributed by atoms with Crippen LogP contribution < -0.4 is 0 Å². The Labute approximate surface area is 160 Å². The van der Waals surface area contributed by atoms with Gasteiger partial charge in [-0.1, -0.05) is 29.4 Å². The highest BCUT2D eigenvalue weighted by Gasteiger charge is 2.21. The summed E-state index contributed by atoms with van der Waals surface area (Å²) in [6.45, 7) is 3.73. The third kappa shape index (κ3) is 3.41. The van der Waals surface area contributed by atoms with Gasteiger partial charge in [-0.05, 0) is 37.4 Å². The van der Waals surface area contributed by atoms with Crippen LogP contribution in [-0.2, 0) is 11.3 Å². The monoisotopic (exact) mass is 379 g/mol. The van der Waals surface area contributed by atoms with Crippen molar-refractivity contribution in [1.29, 1.82) is 0 Å². The van der Waals surface area contributed by atoms with Crippen LogP contribution >= 0.6 is 11.3 Å². The fourth-order valence-corrected chi connectivity index (χ4v) is 3.48. The van der Waals surface area contributed by atoms with E-state index >= 15 is 0 Å². The predicted molar refractivity (Wildman–Crippen MR) is 102 cm³/mol. The van der Waals surface area contributed by atoms with Crippen molar-refractivity contribution in [1.82, 2.24) is 14.9 Å². The number of carbonyl (C=O) groups excluding carboxylic acids is 1. The lowest BCUT2D eigenvalue weighted by Crippen LogP contribution is -2.06. The normalized spacial score (nSPS) is 10.9. The highest BCUT2D eigenvalue weighted by molar-refractivity contribution is 7.13. The maximum atomic E-state index is 12.8. The van der Waals surface area contributed by atoms with Gasteiger partial charge in [0.05, 0.1) is 21.8 Å². The number of hydrogen-bond acceptors (Lipinski definition) is 6. The Morgan fingerprint density at radius 1 is 1.19 bits per heavy atom. The zero-order chi connectivity index (χ0) is 18.8. The van der Waals surface area contributed by atoms with Gasteiger partial charge in [0.2, 0.25) is 0 Å². The van der Waals surface area contributed by atoms with Crippen LogP contribution in [0.4, 0.5) is 0 Å². The van der Waals surface area contributed by atoms with Gasteiger partial charge in [0, 0.05) is 6.20 Å². The highest BCUT2D eigenvalue weighted by Crippen LogP contribution is 2.28. The molecular formula is C20H17N3O3S. The SMILES string of the molecule is Cc1noc(C)c1COC(=O)c1cn(-c2ccccc2)nc1-c1cccs1. The molecule has 0 spiro atoms. The van der Waals surface area contributed by atoms with Crippen molar-refractivity contribution in [3.05, 3.63) is 76.6 Å². The van der Waals surface area contributed by atoms with E-state index < -0.39 is 5.97 Å². The van der Waals surface area contributed by atoms with Gasteiger partial charge in [-0.15, -0.1) is 11.3 Å². The van der Waals surface area contributed by atoms with E-state index in [9.17, 15) is 4.79 Å². The van der Waals surface area contributed by atoms with Crippen molar-refractivity contribution in [2.24, 2.45) is 0 Å². The molecule has 0 aliphatic rings. The molecule has 0 atom stereocenters. The summed E-state index contributed by atoms with van der Waals surface area (Å²) in [4.78, 5) is 13.7. The molecule has 3 aromatic heterocycles. The molecule has 3 heterocycles. The molecule has 0 saturated carbocycles. The van der Waals surface area contributed by atoms with Gasteiger partial charge in [-0.25, -0.2) is 9.48 Å². The number of nitrogens with zero attached hydrogens (tertiary/aromatic N) is 3. The number of hydrogen-bond donors (Lipinski definition) is 0. The molecule has 0 radical (unpaired) electrons. The van der Waals surface area contributed by atoms with Crippen LogP contribution in [0.1, 0.15) is 27.4 Å². The summed E-state index contributed by atoms with van der Waals surface area (Å²) in [6, 6.07) is 13.5. The molecular weight excluding hydrogens is 362 g/mol. The largest absolute Gasteiger partial charge is 0.457 e. The Morgan fingerprint density at radius 3 is 2.67 bits per heavy atom. The summed E-state index contributed by atoms with van der Waals surface area (Å²) in [7, 11) is 0. The molecule has 27 heavy (non-hydrogen) atoms. The van der Waals surface area contributed by atoms with Gasteiger partial charge in [-0.2, -0.15) is 5.10 Å². The third-order valence-corrected chi connectivity index (χ3v) is 5.11. The number of ether oxygens (including phenoxy) is 1. The van der Waals surface area contributed by atoms with E-state index in [1.54, 1.807) is 17.8 Å². The summed E-state index contributed by atoms with van der Waals surface area (Å²) >= 11 is 1.53. The number of esters is 1. The van der Waals surface area contributed by atoms with Crippen LogP contribution in [0.2, 0.25) is 0 Å². The molecule has 4 aromatic rings. The molecule has 0 bridgehead atoms. The predicted octanol–water partition coefficient (Wildman–Crippen LogP) is 4.56. The quantitative estimate of drug-likeness (QED) is 0.475. The molecule has 0 aliphatic carbocycles. The molecule has 1 aromatic carbocycles. The third-order valence-electron chi connectivity index (χ3n) is 4.24. The zero-order valence-electron chi connectivity index (χ0n) is 14.9. The van der Waals surface area contributed by atoms with E-state index in [1.807, 2.05) is 54.8 Å². The zero-order valence-corrected chi connectivity index (χ0v) is 15.7. The van der Waals surface area contributed by atoms with Crippen LogP contribution in [0.25, 0.3) is 16.3 Å². The molecule has 6 nitrogen and oxygen atoms in total. The Bertz CT molecular complexity index is 1050. The second-order valence-corrected chi connectivity index (χ2v) is 6.98. The molecule has 0 fully saturated rings. The first-order chi connectivity index (χ1) is 13.1. The van der Waals surface area contributed by atoms with Crippen LogP contribution in [-0.4, -0.2) is 20.9 Å². The number of thiophene rings is 1. The van der Waals surface area contributed by atoms with E-state index in [0.717, 1.165) is 21.8 Å². The molecule has 0 saturated heterocycles. The van der Waals surface area contributed by atoms with Crippen molar-refractivity contribution in [3.8, 4) is 16.3 Å². The van der Waals surface area contributed by atoms with E-state index in [-0.39, 0.29) is 6.61 Å². The van der Waals surface area contributed by atoms with Gasteiger partial charge in [-0.3, -0.25) is 0 Å². The maximum Gasteiger partial charge on any atom is 0.342 e. The maximum absolute atomic E-state index is 12.8. The highest BCUT2D eigenvalue weighted by atomic mass is 32.1. The number of aryl methyl sites for hydroxylation is 2. The van der Waals surface area contributed by atoms with Crippen molar-refractivity contribution in [3.63, 3.8) is 0 Å². The van der Waals surface area contributed by atoms with Gasteiger partial charge in [0.1, 0.15) is 23.6 Å². The van der Waals surface area contributed by atoms with Crippen molar-refractivity contribution in [2.45, 2.75) is 20.5 Å². The van der Waals surface area contributed by atoms with E-state index in [4.69, 9.17) is 9.26 Å². The minimum atomic E-state index is -0.430. The van der Waals surface area contributed by atoms with E-state index in [0.29, 0.717) is 17.0 Å². The minimum Gasteiger partial charge on any atom is -0.457 e. The summed E-state index contributed by atoms with van der Waals surface area (Å²) in [5.74, 6) is 0.222. The average Bonchev–Trinajstić information content (AvgIpc) is 3.41. The van der Waals surface area contributed by atoms with Crippen LogP contribution in [0, 0.1) is 13.8 Å². The fraction of sp³-hybridized carbons (Fsp3) is 0.150. The summed E-state index contributed by atoms with van der Waals surface area (Å²) in [6.07, 6.45) is 1.71. The lowest BCUT2D eigenvalue weighted by Gasteiger charge is -2.04. The van der Waals surface area contributed by atoms with E-state index in [1.165, 1.54) is 11.3 Å². The number of para-hydroxylation sites is 1. The van der Waals surface area contributed by atoms with Gasteiger partial charge in [0.25, 0.3) is 0 Å². The Kier molecular flexibility index (Phi) is 4.60. The molecule has 4 rings (SSSR count). The van der Waals surface area contributed by atoms with Crippen LogP contribution in [0.15, 0.2) is 58.6 Å². The lowest BCUT2D eigenvalue weighted by molar-refractivity contribution is 0.0472. The van der Waals surface area contributed by atoms with E-state index in [2.05, 4.69) is 10.3 Å². The molecule has 0 aliphatic heterocycles. The van der Waals surface area contributed by atoms with Crippen molar-refractivity contribution >= 4 is 17.3 Å². The summed E-state index contributed by atoms with van der Waals surface area (Å²) < 4.78 is 12.4. The molecule has 136 valence electrons. The van der Waals surface area contributed by atoms with Crippen LogP contribution in [0.5, 0.6) is 0 Å². The minimum absolute atomic E-state index is 0.112. The molecule has 0 unspecified atom stereocenters. The van der Waals surface area contributed by atoms with Crippen molar-refractivity contribution < 1.29 is 14.1 Å². The number of benzene rings is 1. The number of rotatable bonds is 5. The Hall–Kier alpha value is -3.19. The van der Waals surface area contributed by atoms with Crippen LogP contribution in [0.3, 0.4) is 0 Å². The Balaban J connectivity index is 1.66. The lowest BCUT2D eigenvalue weighted by atomic mass is 10.2. The van der Waals surface area contributed by atoms with Crippen molar-refractivity contribution in [2.75, 3.05) is 0 Å². The topological polar surface area (TPSA) is 70.2 Å². The van der Waals surface area contributed by atoms with Gasteiger partial charge in [0.15, 0.2) is 0 Å². The van der Waals surface area contributed by atoms with Gasteiger partial charge < -0.3 is 9.26 Å². The number of carbonyl (C=O) groups is 1. The first kappa shape index (κ1) is 17.2. The molecule has 7 heteroatoms. The second-order valence-electron chi connectivity index (χ2n) is 6.03. The first-order valence-electron chi connectivity index (χ1n) is 8.41. The summed E-state index contributed by atoms with van der Waals surface area (Å²) in [5.41, 5.74) is 3.42. The fourth-order valence-electron chi connectivity index (χ4n) is 2.76. The van der Waals surface area contributed by atoms with Gasteiger partial charge >= 0.3 is 5.97 Å². The molecule has 0 N–H and O–H groups in total. The first-order valence-corrected chi connectivity index (χ1v) is 9.29. The second kappa shape index (κ2) is 7.20. The molecule has 0 amide bonds. The summed E-state index contributed by atoms with van der Waals surface area (Å²) in [5, 5.41) is 10.5. The Morgan fingerprint density at radius 2 is 2.00 bits per heavy atom. The standard InChI is InChI=1S/C20H17N3O3S/c1-13-17(14(2)26-22-13)12-25-20(24)16-11-23(15-7-4-3-5-8-15)21-19(16)18-9-6-10-27-18/h3-11H,12H2,1-2H3.